The Kier molecular flexibility index (Phi) is 3.03. The Hall–Kier alpha value is -0.540. The first kappa shape index (κ1) is 11.0. The quantitative estimate of drug-likeness (QED) is 0.855. The molecule has 1 aromatic carbocycles. The molecule has 1 aliphatic carbocycles. The first-order valence-corrected chi connectivity index (χ1v) is 6.10. The topological polar surface area (TPSA) is 26.0 Å². The monoisotopic (exact) mass is 225 g/mol. The number of rotatable bonds is 3. The van der Waals surface area contributed by atoms with Gasteiger partial charge in [0.2, 0.25) is 0 Å². The van der Waals surface area contributed by atoms with Crippen molar-refractivity contribution in [2.45, 2.75) is 29.4 Å². The maximum atomic E-state index is 13.0. The lowest BCUT2D eigenvalue weighted by Gasteiger charge is -2.45. The van der Waals surface area contributed by atoms with E-state index in [0.29, 0.717) is 6.54 Å². The van der Waals surface area contributed by atoms with Gasteiger partial charge in [0.05, 0.1) is 0 Å². The lowest BCUT2D eigenvalue weighted by Crippen LogP contribution is -2.45. The van der Waals surface area contributed by atoms with Crippen LogP contribution in [-0.2, 0) is 0 Å². The summed E-state index contributed by atoms with van der Waals surface area (Å²) < 4.78 is 13.2. The van der Waals surface area contributed by atoms with E-state index in [0.717, 1.165) is 23.7 Å². The first-order valence-electron chi connectivity index (χ1n) is 5.28. The van der Waals surface area contributed by atoms with E-state index in [1.807, 2.05) is 6.07 Å². The lowest BCUT2D eigenvalue weighted by molar-refractivity contribution is 0.257. The van der Waals surface area contributed by atoms with Gasteiger partial charge in [0.25, 0.3) is 0 Å². The van der Waals surface area contributed by atoms with Gasteiger partial charge in [-0.15, -0.1) is 11.8 Å². The first-order chi connectivity index (χ1) is 7.13. The number of benzene rings is 1. The highest BCUT2D eigenvalue weighted by Crippen LogP contribution is 2.49. The highest BCUT2D eigenvalue weighted by Gasteiger charge is 2.41. The van der Waals surface area contributed by atoms with Gasteiger partial charge in [-0.3, -0.25) is 0 Å². The molecule has 2 N–H and O–H groups in total. The van der Waals surface area contributed by atoms with E-state index in [4.69, 9.17) is 5.73 Å². The van der Waals surface area contributed by atoms with Crippen molar-refractivity contribution in [3.05, 3.63) is 30.1 Å². The molecule has 1 saturated carbocycles. The molecule has 15 heavy (non-hydrogen) atoms. The molecule has 82 valence electrons. The van der Waals surface area contributed by atoms with Crippen molar-refractivity contribution in [1.29, 1.82) is 0 Å². The van der Waals surface area contributed by atoms with Crippen LogP contribution in [0.4, 0.5) is 4.39 Å². The van der Waals surface area contributed by atoms with Gasteiger partial charge in [0, 0.05) is 16.2 Å². The zero-order chi connectivity index (χ0) is 10.9. The molecule has 0 saturated heterocycles. The third kappa shape index (κ3) is 2.34. The fraction of sp³-hybridized carbons (Fsp3) is 0.500. The SMILES string of the molecule is CC1CC(CN)(Sc2cccc(F)c2)C1. The van der Waals surface area contributed by atoms with Gasteiger partial charge >= 0.3 is 0 Å². The largest absolute Gasteiger partial charge is 0.329 e. The second-order valence-corrected chi connectivity index (χ2v) is 6.00. The minimum atomic E-state index is -0.167. The number of hydrogen-bond acceptors (Lipinski definition) is 2. The van der Waals surface area contributed by atoms with E-state index in [1.54, 1.807) is 23.9 Å². The van der Waals surface area contributed by atoms with Gasteiger partial charge in [-0.05, 0) is 37.0 Å². The van der Waals surface area contributed by atoms with Crippen LogP contribution in [0.25, 0.3) is 0 Å². The second kappa shape index (κ2) is 4.14. The van der Waals surface area contributed by atoms with E-state index >= 15 is 0 Å². The Labute approximate surface area is 94.2 Å². The van der Waals surface area contributed by atoms with Crippen LogP contribution in [0.5, 0.6) is 0 Å². The molecule has 0 radical (unpaired) electrons. The van der Waals surface area contributed by atoms with E-state index in [-0.39, 0.29) is 10.6 Å². The summed E-state index contributed by atoms with van der Waals surface area (Å²) in [5.41, 5.74) is 5.80. The van der Waals surface area contributed by atoms with Crippen LogP contribution < -0.4 is 5.73 Å². The van der Waals surface area contributed by atoms with Crippen molar-refractivity contribution in [2.24, 2.45) is 11.7 Å². The number of halogens is 1. The van der Waals surface area contributed by atoms with Crippen molar-refractivity contribution >= 4 is 11.8 Å². The van der Waals surface area contributed by atoms with Crippen LogP contribution in [0.2, 0.25) is 0 Å². The molecule has 1 nitrogen and oxygen atoms in total. The Balaban J connectivity index is 2.07. The van der Waals surface area contributed by atoms with E-state index in [9.17, 15) is 4.39 Å². The zero-order valence-corrected chi connectivity index (χ0v) is 9.69. The summed E-state index contributed by atoms with van der Waals surface area (Å²) in [6, 6.07) is 6.77. The van der Waals surface area contributed by atoms with E-state index in [1.165, 1.54) is 6.07 Å². The number of thioether (sulfide) groups is 1. The third-order valence-electron chi connectivity index (χ3n) is 2.94. The van der Waals surface area contributed by atoms with Crippen LogP contribution in [0.1, 0.15) is 19.8 Å². The molecule has 1 aromatic rings. The molecule has 3 heteroatoms. The molecule has 0 aliphatic heterocycles. The van der Waals surface area contributed by atoms with Crippen molar-refractivity contribution in [2.75, 3.05) is 6.54 Å². The summed E-state index contributed by atoms with van der Waals surface area (Å²) in [6.07, 6.45) is 2.29. The molecule has 0 bridgehead atoms. The Morgan fingerprint density at radius 2 is 2.27 bits per heavy atom. The fourth-order valence-electron chi connectivity index (χ4n) is 2.28. The maximum absolute atomic E-state index is 13.0. The summed E-state index contributed by atoms with van der Waals surface area (Å²) in [5, 5.41) is 0. The van der Waals surface area contributed by atoms with E-state index in [2.05, 4.69) is 6.92 Å². The van der Waals surface area contributed by atoms with Gasteiger partial charge in [0.15, 0.2) is 0 Å². The van der Waals surface area contributed by atoms with Crippen LogP contribution >= 0.6 is 11.8 Å². The van der Waals surface area contributed by atoms with Gasteiger partial charge in [-0.2, -0.15) is 0 Å². The van der Waals surface area contributed by atoms with E-state index < -0.39 is 0 Å². The molecule has 0 heterocycles. The van der Waals surface area contributed by atoms with Crippen molar-refractivity contribution in [3.63, 3.8) is 0 Å². The normalized spacial score (nSPS) is 29.9. The summed E-state index contributed by atoms with van der Waals surface area (Å²) >= 11 is 1.73. The average Bonchev–Trinajstić information content (AvgIpc) is 2.15. The Morgan fingerprint density at radius 3 is 2.80 bits per heavy atom. The molecule has 1 fully saturated rings. The van der Waals surface area contributed by atoms with Crippen molar-refractivity contribution in [1.82, 2.24) is 0 Å². The molecule has 0 unspecified atom stereocenters. The number of nitrogens with two attached hydrogens (primary N) is 1. The molecular formula is C12H16FNS. The van der Waals surface area contributed by atoms with Crippen molar-refractivity contribution in [3.8, 4) is 0 Å². The minimum absolute atomic E-state index is 0.160. The predicted octanol–water partition coefficient (Wildman–Crippen LogP) is 3.05. The van der Waals surface area contributed by atoms with Gasteiger partial charge < -0.3 is 5.73 Å². The summed E-state index contributed by atoms with van der Waals surface area (Å²) in [5.74, 6) is 0.592. The van der Waals surface area contributed by atoms with Crippen LogP contribution in [0.15, 0.2) is 29.2 Å². The van der Waals surface area contributed by atoms with Crippen LogP contribution in [0.3, 0.4) is 0 Å². The lowest BCUT2D eigenvalue weighted by atomic mass is 9.75. The smallest absolute Gasteiger partial charge is 0.124 e. The molecule has 0 amide bonds. The summed E-state index contributed by atoms with van der Waals surface area (Å²) in [6.45, 7) is 2.92. The molecule has 0 atom stereocenters. The Morgan fingerprint density at radius 1 is 1.53 bits per heavy atom. The van der Waals surface area contributed by atoms with Gasteiger partial charge in [0.1, 0.15) is 5.82 Å². The Bertz CT molecular complexity index is 347. The number of hydrogen-bond donors (Lipinski definition) is 1. The fourth-order valence-corrected chi connectivity index (χ4v) is 3.92. The molecule has 1 aliphatic rings. The molecule has 0 aromatic heterocycles. The third-order valence-corrected chi connectivity index (χ3v) is 4.37. The maximum Gasteiger partial charge on any atom is 0.124 e. The molecule has 2 rings (SSSR count). The van der Waals surface area contributed by atoms with Crippen LogP contribution in [-0.4, -0.2) is 11.3 Å². The molecular weight excluding hydrogens is 209 g/mol. The van der Waals surface area contributed by atoms with Gasteiger partial charge in [-0.1, -0.05) is 13.0 Å². The highest BCUT2D eigenvalue weighted by molar-refractivity contribution is 8.00. The van der Waals surface area contributed by atoms with Gasteiger partial charge in [-0.25, -0.2) is 4.39 Å². The zero-order valence-electron chi connectivity index (χ0n) is 8.87. The summed E-state index contributed by atoms with van der Waals surface area (Å²) in [7, 11) is 0. The highest BCUT2D eigenvalue weighted by atomic mass is 32.2. The standard InChI is InChI=1S/C12H16FNS/c1-9-6-12(7-9,8-14)15-11-4-2-3-10(13)5-11/h2-5,9H,6-8,14H2,1H3. The molecule has 0 spiro atoms. The minimum Gasteiger partial charge on any atom is -0.329 e. The van der Waals surface area contributed by atoms with Crippen molar-refractivity contribution < 1.29 is 4.39 Å². The summed E-state index contributed by atoms with van der Waals surface area (Å²) in [4.78, 5) is 0.993. The average molecular weight is 225 g/mol. The van der Waals surface area contributed by atoms with Crippen LogP contribution in [0, 0.1) is 11.7 Å². The second-order valence-electron chi connectivity index (χ2n) is 4.46. The predicted molar refractivity (Wildman–Crippen MR) is 62.4 cm³/mol.